The quantitative estimate of drug-likeness (QED) is 0.860. The van der Waals surface area contributed by atoms with E-state index in [9.17, 15) is 9.59 Å². The lowest BCUT2D eigenvalue weighted by Gasteiger charge is -2.38. The zero-order valence-corrected chi connectivity index (χ0v) is 17.5. The van der Waals surface area contributed by atoms with Crippen molar-refractivity contribution in [1.29, 1.82) is 0 Å². The zero-order valence-electron chi connectivity index (χ0n) is 17.5. The zero-order chi connectivity index (χ0) is 20.7. The van der Waals surface area contributed by atoms with Crippen molar-refractivity contribution in [3.8, 4) is 0 Å². The summed E-state index contributed by atoms with van der Waals surface area (Å²) in [7, 11) is 2.10. The summed E-state index contributed by atoms with van der Waals surface area (Å²) in [5.74, 6) is -0.288. The van der Waals surface area contributed by atoms with E-state index >= 15 is 0 Å². The van der Waals surface area contributed by atoms with Gasteiger partial charge in [-0.3, -0.25) is 24.1 Å². The van der Waals surface area contributed by atoms with E-state index in [1.54, 1.807) is 9.58 Å². The minimum Gasteiger partial charge on any atom is -0.319 e. The second kappa shape index (κ2) is 7.61. The first-order valence-electron chi connectivity index (χ1n) is 10.1. The van der Waals surface area contributed by atoms with Gasteiger partial charge in [-0.15, -0.1) is 0 Å². The summed E-state index contributed by atoms with van der Waals surface area (Å²) in [6.45, 7) is 9.51. The molecule has 154 valence electrons. The number of fused-ring (bicyclic) bond motifs is 2. The van der Waals surface area contributed by atoms with Gasteiger partial charge in [-0.25, -0.2) is 0 Å². The molecule has 1 atom stereocenters. The number of piperazine rings is 1. The number of rotatable bonds is 3. The maximum Gasteiger partial charge on any atom is 0.276 e. The number of aromatic nitrogens is 2. The van der Waals surface area contributed by atoms with Crippen molar-refractivity contribution in [3.05, 3.63) is 35.7 Å². The summed E-state index contributed by atoms with van der Waals surface area (Å²) in [5, 5.41) is 7.48. The van der Waals surface area contributed by atoms with E-state index in [2.05, 4.69) is 34.2 Å². The van der Waals surface area contributed by atoms with Crippen LogP contribution in [0.1, 0.15) is 30.0 Å². The van der Waals surface area contributed by atoms with E-state index in [1.165, 1.54) is 0 Å². The molecule has 1 aromatic carbocycles. The maximum absolute atomic E-state index is 13.6. The molecule has 2 amide bonds. The third-order valence-corrected chi connectivity index (χ3v) is 5.78. The standard InChI is InChI=1S/C21H28N6O2/c1-5-26-20-19(15(3)23-26)27(17-9-7-6-8-16(17)22-21(20)29)18(28)13-25-11-10-24(4)12-14(25)2/h6-9,14H,5,10-13H2,1-4H3,(H,22,29). The molecule has 3 heterocycles. The lowest BCUT2D eigenvalue weighted by atomic mass is 10.1. The van der Waals surface area contributed by atoms with E-state index in [0.29, 0.717) is 47.6 Å². The summed E-state index contributed by atoms with van der Waals surface area (Å²) in [6, 6.07) is 7.74. The van der Waals surface area contributed by atoms with Crippen LogP contribution in [0.3, 0.4) is 0 Å². The molecule has 0 spiro atoms. The van der Waals surface area contributed by atoms with Crippen LogP contribution in [0, 0.1) is 6.92 Å². The Bertz CT molecular complexity index is 953. The van der Waals surface area contributed by atoms with E-state index in [-0.39, 0.29) is 11.8 Å². The Morgan fingerprint density at radius 1 is 1.28 bits per heavy atom. The van der Waals surface area contributed by atoms with Crippen LogP contribution in [0.25, 0.3) is 0 Å². The molecule has 0 aliphatic carbocycles. The first-order valence-corrected chi connectivity index (χ1v) is 10.1. The third kappa shape index (κ3) is 3.42. The van der Waals surface area contributed by atoms with Gasteiger partial charge in [0.25, 0.3) is 5.91 Å². The SMILES string of the molecule is CCn1nc(C)c2c1C(=O)Nc1ccccc1N2C(=O)CN1CCN(C)CC1C. The number of benzene rings is 1. The molecular formula is C21H28N6O2. The van der Waals surface area contributed by atoms with Crippen LogP contribution in [0.2, 0.25) is 0 Å². The number of carbonyl (C=O) groups excluding carboxylic acids is 2. The Hall–Kier alpha value is -2.71. The molecule has 4 rings (SSSR count). The molecule has 8 heteroatoms. The van der Waals surface area contributed by atoms with Crippen molar-refractivity contribution in [2.75, 3.05) is 43.4 Å². The number of nitrogens with one attached hydrogen (secondary N) is 1. The van der Waals surface area contributed by atoms with Gasteiger partial charge in [-0.1, -0.05) is 12.1 Å². The monoisotopic (exact) mass is 396 g/mol. The molecule has 2 aliphatic rings. The van der Waals surface area contributed by atoms with Gasteiger partial charge in [0, 0.05) is 32.2 Å². The summed E-state index contributed by atoms with van der Waals surface area (Å²) in [4.78, 5) is 32.8. The molecule has 8 nitrogen and oxygen atoms in total. The molecule has 0 saturated carbocycles. The first kappa shape index (κ1) is 19.6. The fraction of sp³-hybridized carbons (Fsp3) is 0.476. The van der Waals surface area contributed by atoms with Crippen molar-refractivity contribution in [3.63, 3.8) is 0 Å². The van der Waals surface area contributed by atoms with E-state index in [4.69, 9.17) is 0 Å². The molecule has 1 aromatic heterocycles. The number of nitrogens with zero attached hydrogens (tertiary/aromatic N) is 5. The molecule has 0 radical (unpaired) electrons. The van der Waals surface area contributed by atoms with Crippen LogP contribution in [-0.2, 0) is 11.3 Å². The lowest BCUT2D eigenvalue weighted by molar-refractivity contribution is -0.120. The average molecular weight is 396 g/mol. The van der Waals surface area contributed by atoms with Gasteiger partial charge >= 0.3 is 0 Å². The molecular weight excluding hydrogens is 368 g/mol. The highest BCUT2D eigenvalue weighted by atomic mass is 16.2. The van der Waals surface area contributed by atoms with Crippen LogP contribution in [0.5, 0.6) is 0 Å². The van der Waals surface area contributed by atoms with Crippen molar-refractivity contribution in [2.24, 2.45) is 0 Å². The van der Waals surface area contributed by atoms with Gasteiger partial charge in [-0.2, -0.15) is 5.10 Å². The molecule has 29 heavy (non-hydrogen) atoms. The highest BCUT2D eigenvalue weighted by Crippen LogP contribution is 2.39. The molecule has 0 bridgehead atoms. The Morgan fingerprint density at radius 3 is 2.76 bits per heavy atom. The normalized spacial score (nSPS) is 20.1. The summed E-state index contributed by atoms with van der Waals surface area (Å²) in [6.07, 6.45) is 0. The number of hydrogen-bond donors (Lipinski definition) is 1. The number of likely N-dealkylation sites (N-methyl/N-ethyl adjacent to an activating group) is 1. The number of anilines is 3. The van der Waals surface area contributed by atoms with Crippen LogP contribution < -0.4 is 10.2 Å². The smallest absolute Gasteiger partial charge is 0.276 e. The topological polar surface area (TPSA) is 73.7 Å². The van der Waals surface area contributed by atoms with E-state index in [1.807, 2.05) is 38.1 Å². The van der Waals surface area contributed by atoms with Gasteiger partial charge in [0.05, 0.1) is 23.6 Å². The lowest BCUT2D eigenvalue weighted by Crippen LogP contribution is -2.53. The minimum absolute atomic E-state index is 0.0506. The number of aryl methyl sites for hydroxylation is 2. The minimum atomic E-state index is -0.238. The van der Waals surface area contributed by atoms with Crippen molar-refractivity contribution < 1.29 is 9.59 Å². The summed E-state index contributed by atoms with van der Waals surface area (Å²) < 4.78 is 1.67. The van der Waals surface area contributed by atoms with Crippen LogP contribution in [0.15, 0.2) is 24.3 Å². The third-order valence-electron chi connectivity index (χ3n) is 5.78. The van der Waals surface area contributed by atoms with Gasteiger partial charge < -0.3 is 10.2 Å². The highest BCUT2D eigenvalue weighted by molar-refractivity contribution is 6.17. The second-order valence-electron chi connectivity index (χ2n) is 7.88. The number of para-hydroxylation sites is 2. The molecule has 1 unspecified atom stereocenters. The number of hydrogen-bond acceptors (Lipinski definition) is 5. The number of amides is 2. The fourth-order valence-electron chi connectivity index (χ4n) is 4.29. The summed E-state index contributed by atoms with van der Waals surface area (Å²) in [5.41, 5.74) is 3.01. The Kier molecular flexibility index (Phi) is 5.14. The van der Waals surface area contributed by atoms with Crippen molar-refractivity contribution in [1.82, 2.24) is 19.6 Å². The van der Waals surface area contributed by atoms with E-state index < -0.39 is 0 Å². The molecule has 1 saturated heterocycles. The van der Waals surface area contributed by atoms with Gasteiger partial charge in [-0.05, 0) is 40.0 Å². The van der Waals surface area contributed by atoms with Crippen LogP contribution >= 0.6 is 0 Å². The average Bonchev–Trinajstić information content (AvgIpc) is 2.94. The van der Waals surface area contributed by atoms with Crippen molar-refractivity contribution in [2.45, 2.75) is 33.4 Å². The Morgan fingerprint density at radius 2 is 2.03 bits per heavy atom. The van der Waals surface area contributed by atoms with Crippen LogP contribution in [-0.4, -0.2) is 70.7 Å². The predicted octanol–water partition coefficient (Wildman–Crippen LogP) is 2.08. The maximum atomic E-state index is 13.6. The Balaban J connectivity index is 1.77. The number of carbonyl (C=O) groups is 2. The fourth-order valence-corrected chi connectivity index (χ4v) is 4.29. The second-order valence-corrected chi connectivity index (χ2v) is 7.88. The highest BCUT2D eigenvalue weighted by Gasteiger charge is 2.35. The molecule has 2 aromatic rings. The summed E-state index contributed by atoms with van der Waals surface area (Å²) >= 11 is 0. The van der Waals surface area contributed by atoms with E-state index in [0.717, 1.165) is 19.6 Å². The first-order chi connectivity index (χ1) is 13.9. The molecule has 1 N–H and O–H groups in total. The largest absolute Gasteiger partial charge is 0.319 e. The molecule has 2 aliphatic heterocycles. The van der Waals surface area contributed by atoms with Gasteiger partial charge in [0.2, 0.25) is 5.91 Å². The van der Waals surface area contributed by atoms with Crippen LogP contribution in [0.4, 0.5) is 17.1 Å². The molecule has 1 fully saturated rings. The Labute approximate surface area is 171 Å². The van der Waals surface area contributed by atoms with Gasteiger partial charge in [0.15, 0.2) is 5.69 Å². The van der Waals surface area contributed by atoms with Gasteiger partial charge in [0.1, 0.15) is 5.69 Å². The van der Waals surface area contributed by atoms with Crippen molar-refractivity contribution >= 4 is 28.9 Å². The predicted molar refractivity (Wildman–Crippen MR) is 113 cm³/mol.